The lowest BCUT2D eigenvalue weighted by molar-refractivity contribution is 0.608. The lowest BCUT2D eigenvalue weighted by atomic mass is 10.2. The maximum absolute atomic E-state index is 5.98. The molecule has 8 nitrogen and oxygen atoms in total. The molecule has 0 aliphatic carbocycles. The normalized spacial score (nSPS) is 11.5. The average molecular weight is 373 g/mol. The summed E-state index contributed by atoms with van der Waals surface area (Å²) in [5.74, 6) is 1.27. The minimum atomic E-state index is 0.507. The molecular formula is C20H19N7O. The molecular weight excluding hydrogens is 354 g/mol. The summed E-state index contributed by atoms with van der Waals surface area (Å²) < 4.78 is 9.98. The lowest BCUT2D eigenvalue weighted by Crippen LogP contribution is -2.07. The lowest BCUT2D eigenvalue weighted by Gasteiger charge is -2.07. The number of benzene rings is 1. The number of anilines is 1. The Bertz CT molecular complexity index is 1220. The molecule has 0 fully saturated rings. The minimum absolute atomic E-state index is 0.507. The Kier molecular flexibility index (Phi) is 4.01. The van der Waals surface area contributed by atoms with Gasteiger partial charge in [-0.3, -0.25) is 0 Å². The Morgan fingerprint density at radius 2 is 1.96 bits per heavy atom. The molecule has 1 aromatic carbocycles. The van der Waals surface area contributed by atoms with E-state index in [0.29, 0.717) is 17.4 Å². The van der Waals surface area contributed by atoms with Crippen LogP contribution in [0.4, 0.5) is 5.82 Å². The van der Waals surface area contributed by atoms with Crippen LogP contribution in [0, 0.1) is 0 Å². The number of hydrogen-bond donors (Lipinski definition) is 1. The zero-order valence-corrected chi connectivity index (χ0v) is 15.4. The molecule has 4 heterocycles. The van der Waals surface area contributed by atoms with Crippen LogP contribution in [-0.4, -0.2) is 35.6 Å². The molecule has 1 N–H and O–H groups in total. The zero-order valence-electron chi connectivity index (χ0n) is 15.4. The van der Waals surface area contributed by atoms with Crippen molar-refractivity contribution in [1.29, 1.82) is 0 Å². The maximum atomic E-state index is 5.98. The van der Waals surface area contributed by atoms with Gasteiger partial charge in [0.25, 0.3) is 5.71 Å². The van der Waals surface area contributed by atoms with E-state index in [-0.39, 0.29) is 0 Å². The van der Waals surface area contributed by atoms with E-state index in [2.05, 4.69) is 29.8 Å². The van der Waals surface area contributed by atoms with Crippen molar-refractivity contribution >= 4 is 28.1 Å². The van der Waals surface area contributed by atoms with Crippen molar-refractivity contribution < 1.29 is 4.42 Å². The molecule has 0 saturated heterocycles. The minimum Gasteiger partial charge on any atom is -0.418 e. The fourth-order valence-corrected chi connectivity index (χ4v) is 3.29. The monoisotopic (exact) mass is 373 g/mol. The Morgan fingerprint density at radius 3 is 2.79 bits per heavy atom. The number of nitrogens with one attached hydrogen (secondary N) is 1. The number of pyridine rings is 1. The van der Waals surface area contributed by atoms with Crippen LogP contribution in [0.2, 0.25) is 0 Å². The number of rotatable bonds is 6. The summed E-state index contributed by atoms with van der Waals surface area (Å²) in [6, 6.07) is 9.84. The number of fused-ring (bicyclic) bond motifs is 3. The summed E-state index contributed by atoms with van der Waals surface area (Å²) in [4.78, 5) is 17.9. The molecule has 0 saturated carbocycles. The van der Waals surface area contributed by atoms with Gasteiger partial charge >= 0.3 is 0 Å². The molecule has 0 unspecified atom stereocenters. The number of aromatic nitrogens is 6. The van der Waals surface area contributed by atoms with E-state index in [9.17, 15) is 0 Å². The van der Waals surface area contributed by atoms with Gasteiger partial charge < -0.3 is 18.9 Å². The van der Waals surface area contributed by atoms with Gasteiger partial charge in [-0.25, -0.2) is 15.0 Å². The highest BCUT2D eigenvalue weighted by Gasteiger charge is 2.18. The van der Waals surface area contributed by atoms with Gasteiger partial charge in [-0.2, -0.15) is 4.98 Å². The van der Waals surface area contributed by atoms with E-state index < -0.39 is 0 Å². The number of aryl methyl sites for hydroxylation is 2. The summed E-state index contributed by atoms with van der Waals surface area (Å²) in [5.41, 5.74) is 3.86. The van der Waals surface area contributed by atoms with Crippen LogP contribution in [0.15, 0.2) is 59.8 Å². The summed E-state index contributed by atoms with van der Waals surface area (Å²) in [7, 11) is 1.95. The van der Waals surface area contributed by atoms with Gasteiger partial charge in [-0.1, -0.05) is 18.2 Å². The largest absolute Gasteiger partial charge is 0.418 e. The van der Waals surface area contributed by atoms with Gasteiger partial charge in [0, 0.05) is 38.1 Å². The summed E-state index contributed by atoms with van der Waals surface area (Å²) in [6.07, 6.45) is 8.28. The first-order chi connectivity index (χ1) is 13.8. The number of hydrogen-bond acceptors (Lipinski definition) is 6. The standard InChI is InChI=1S/C20H19N7O/c1-26-13-23-15-17(26)16-20(28-19(24-16)14-6-3-2-4-7-14)25-18(15)22-8-5-10-27-11-9-21-12-27/h2-4,6-7,9,11-13H,5,8,10H2,1H3,(H,22,25). The van der Waals surface area contributed by atoms with Crippen molar-refractivity contribution in [3.63, 3.8) is 0 Å². The van der Waals surface area contributed by atoms with Crippen molar-refractivity contribution in [2.45, 2.75) is 13.0 Å². The van der Waals surface area contributed by atoms with E-state index >= 15 is 0 Å². The van der Waals surface area contributed by atoms with Gasteiger partial charge in [0.15, 0.2) is 11.3 Å². The second-order valence-electron chi connectivity index (χ2n) is 6.63. The third-order valence-corrected chi connectivity index (χ3v) is 4.67. The second-order valence-corrected chi connectivity index (χ2v) is 6.63. The molecule has 0 aliphatic heterocycles. The van der Waals surface area contributed by atoms with Crippen LogP contribution in [-0.2, 0) is 13.6 Å². The van der Waals surface area contributed by atoms with Crippen molar-refractivity contribution in [1.82, 2.24) is 29.1 Å². The van der Waals surface area contributed by atoms with Crippen LogP contribution < -0.4 is 5.32 Å². The SMILES string of the molecule is Cn1cnc2c(NCCCn3ccnc3)nc3oc(-c4ccccc4)nc3c21. The van der Waals surface area contributed by atoms with E-state index in [1.54, 1.807) is 12.5 Å². The van der Waals surface area contributed by atoms with Crippen LogP contribution in [0.3, 0.4) is 0 Å². The predicted octanol–water partition coefficient (Wildman–Crippen LogP) is 3.48. The topological polar surface area (TPSA) is 86.6 Å². The summed E-state index contributed by atoms with van der Waals surface area (Å²) >= 11 is 0. The van der Waals surface area contributed by atoms with Gasteiger partial charge in [-0.15, -0.1) is 0 Å². The number of oxazole rings is 1. The third kappa shape index (κ3) is 2.88. The molecule has 5 rings (SSSR count). The summed E-state index contributed by atoms with van der Waals surface area (Å²) in [6.45, 7) is 1.66. The first kappa shape index (κ1) is 16.5. The molecule has 0 amide bonds. The second kappa shape index (κ2) is 6.80. The Balaban J connectivity index is 1.48. The van der Waals surface area contributed by atoms with Crippen LogP contribution in [0.25, 0.3) is 33.7 Å². The first-order valence-corrected chi connectivity index (χ1v) is 9.16. The molecule has 8 heteroatoms. The van der Waals surface area contributed by atoms with Gasteiger partial charge in [0.2, 0.25) is 5.89 Å². The number of nitrogens with zero attached hydrogens (tertiary/aromatic N) is 6. The maximum Gasteiger partial charge on any atom is 0.251 e. The quantitative estimate of drug-likeness (QED) is 0.459. The third-order valence-electron chi connectivity index (χ3n) is 4.67. The molecule has 0 atom stereocenters. The Morgan fingerprint density at radius 1 is 1.07 bits per heavy atom. The smallest absolute Gasteiger partial charge is 0.251 e. The van der Waals surface area contributed by atoms with E-state index in [4.69, 9.17) is 4.42 Å². The fraction of sp³-hybridized carbons (Fsp3) is 0.200. The average Bonchev–Trinajstić information content (AvgIpc) is 3.45. The fourth-order valence-electron chi connectivity index (χ4n) is 3.29. The van der Waals surface area contributed by atoms with Crippen LogP contribution in [0.1, 0.15) is 6.42 Å². The summed E-state index contributed by atoms with van der Waals surface area (Å²) in [5, 5.41) is 3.40. The molecule has 140 valence electrons. The zero-order chi connectivity index (χ0) is 18.9. The molecule has 0 radical (unpaired) electrons. The molecule has 4 aromatic heterocycles. The van der Waals surface area contributed by atoms with Crippen LogP contribution >= 0.6 is 0 Å². The van der Waals surface area contributed by atoms with Gasteiger partial charge in [-0.05, 0) is 18.6 Å². The molecule has 0 spiro atoms. The van der Waals surface area contributed by atoms with E-state index in [1.165, 1.54) is 0 Å². The highest BCUT2D eigenvalue weighted by molar-refractivity contribution is 6.03. The van der Waals surface area contributed by atoms with Gasteiger partial charge in [0.1, 0.15) is 11.0 Å². The van der Waals surface area contributed by atoms with Crippen molar-refractivity contribution in [3.05, 3.63) is 55.4 Å². The Hall–Kier alpha value is -3.68. The Labute approximate surface area is 160 Å². The highest BCUT2D eigenvalue weighted by atomic mass is 16.4. The molecule has 28 heavy (non-hydrogen) atoms. The molecule has 0 bridgehead atoms. The van der Waals surface area contributed by atoms with E-state index in [1.807, 2.05) is 54.5 Å². The molecule has 0 aliphatic rings. The van der Waals surface area contributed by atoms with E-state index in [0.717, 1.165) is 41.6 Å². The number of imidazole rings is 2. The van der Waals surface area contributed by atoms with Crippen molar-refractivity contribution in [3.8, 4) is 11.5 Å². The highest BCUT2D eigenvalue weighted by Crippen LogP contribution is 2.31. The van der Waals surface area contributed by atoms with Crippen molar-refractivity contribution in [2.75, 3.05) is 11.9 Å². The van der Waals surface area contributed by atoms with Crippen molar-refractivity contribution in [2.24, 2.45) is 7.05 Å². The first-order valence-electron chi connectivity index (χ1n) is 9.16. The van der Waals surface area contributed by atoms with Gasteiger partial charge in [0.05, 0.1) is 12.7 Å². The molecule has 5 aromatic rings. The van der Waals surface area contributed by atoms with Crippen LogP contribution in [0.5, 0.6) is 0 Å². The predicted molar refractivity (Wildman–Crippen MR) is 107 cm³/mol.